The van der Waals surface area contributed by atoms with Crippen LogP contribution in [0.4, 0.5) is 11.4 Å². The minimum Gasteiger partial charge on any atom is -0.497 e. The molecule has 1 N–H and O–H groups in total. The fourth-order valence-electron chi connectivity index (χ4n) is 4.49. The second-order valence-corrected chi connectivity index (χ2v) is 11.1. The number of benzene rings is 2. The molecule has 0 spiro atoms. The average molecular weight is 517 g/mol. The Morgan fingerprint density at radius 2 is 1.69 bits per heavy atom. The minimum absolute atomic E-state index is 0.0547. The van der Waals surface area contributed by atoms with Gasteiger partial charge in [0.2, 0.25) is 5.91 Å². The Morgan fingerprint density at radius 3 is 2.25 bits per heavy atom. The van der Waals surface area contributed by atoms with Crippen LogP contribution in [0.15, 0.2) is 41.3 Å². The summed E-state index contributed by atoms with van der Waals surface area (Å²) in [6.07, 6.45) is 2.32. The van der Waals surface area contributed by atoms with Gasteiger partial charge in [0, 0.05) is 44.1 Å². The number of aryl methyl sites for hydroxylation is 2. The van der Waals surface area contributed by atoms with Crippen LogP contribution in [-0.2, 0) is 20.5 Å². The molecular weight excluding hydrogens is 476 g/mol. The van der Waals surface area contributed by atoms with Gasteiger partial charge in [0.15, 0.2) is 0 Å². The van der Waals surface area contributed by atoms with E-state index in [1.54, 1.807) is 18.5 Å². The summed E-state index contributed by atoms with van der Waals surface area (Å²) in [7, 11) is 6.37. The molecule has 1 heterocycles. The van der Waals surface area contributed by atoms with Crippen molar-refractivity contribution in [2.45, 2.75) is 37.6 Å². The summed E-state index contributed by atoms with van der Waals surface area (Å²) in [4.78, 5) is 17.8. The van der Waals surface area contributed by atoms with E-state index in [0.29, 0.717) is 19.2 Å². The van der Waals surface area contributed by atoms with E-state index >= 15 is 0 Å². The summed E-state index contributed by atoms with van der Waals surface area (Å²) >= 11 is 0. The zero-order valence-electron chi connectivity index (χ0n) is 22.4. The lowest BCUT2D eigenvalue weighted by molar-refractivity contribution is -0.120. The number of likely N-dealkylation sites (N-methyl/N-ethyl adjacent to an activating group) is 1. The van der Waals surface area contributed by atoms with Crippen LogP contribution in [0.1, 0.15) is 24.0 Å². The molecule has 198 valence electrons. The molecule has 8 nitrogen and oxygen atoms in total. The van der Waals surface area contributed by atoms with E-state index in [4.69, 9.17) is 9.47 Å². The summed E-state index contributed by atoms with van der Waals surface area (Å²) in [6, 6.07) is 12.4. The standard InChI is InChI=1S/C27H40N4O4S/c1-20-17-25(34-6)18-21(2)27(20)36(33)30(5)15-16-35-19-26(32)28-22-7-9-24(10-8-22)31-13-11-23(12-14-31)29(3)4/h7-10,17-18,23H,11-16,19H2,1-6H3,(H,28,32). The molecule has 1 saturated heterocycles. The number of piperidine rings is 1. The van der Waals surface area contributed by atoms with Gasteiger partial charge in [0.05, 0.1) is 18.6 Å². The SMILES string of the molecule is COc1cc(C)c(S(=O)N(C)CCOCC(=O)Nc2ccc(N3CCC(N(C)C)CC3)cc2)c(C)c1. The zero-order chi connectivity index (χ0) is 26.2. The van der Waals surface area contributed by atoms with E-state index in [1.807, 2.05) is 38.1 Å². The Morgan fingerprint density at radius 1 is 1.08 bits per heavy atom. The Hall–Kier alpha value is -2.46. The highest BCUT2D eigenvalue weighted by molar-refractivity contribution is 7.82. The number of ether oxygens (including phenoxy) is 2. The van der Waals surface area contributed by atoms with Crippen molar-refractivity contribution < 1.29 is 18.5 Å². The predicted octanol–water partition coefficient (Wildman–Crippen LogP) is 3.45. The first-order chi connectivity index (χ1) is 17.2. The molecule has 9 heteroatoms. The first-order valence-corrected chi connectivity index (χ1v) is 13.5. The van der Waals surface area contributed by atoms with Crippen molar-refractivity contribution in [3.8, 4) is 5.75 Å². The first kappa shape index (κ1) is 28.1. The second-order valence-electron chi connectivity index (χ2n) is 9.52. The smallest absolute Gasteiger partial charge is 0.250 e. The lowest BCUT2D eigenvalue weighted by Gasteiger charge is -2.36. The van der Waals surface area contributed by atoms with Crippen molar-refractivity contribution in [3.63, 3.8) is 0 Å². The molecule has 2 aromatic carbocycles. The number of methoxy groups -OCH3 is 1. The maximum absolute atomic E-state index is 13.0. The number of nitrogens with zero attached hydrogens (tertiary/aromatic N) is 3. The van der Waals surface area contributed by atoms with Crippen LogP contribution in [0.3, 0.4) is 0 Å². The fraction of sp³-hybridized carbons (Fsp3) is 0.519. The molecule has 1 unspecified atom stereocenters. The lowest BCUT2D eigenvalue weighted by atomic mass is 10.0. The highest BCUT2D eigenvalue weighted by atomic mass is 32.2. The number of hydrogen-bond acceptors (Lipinski definition) is 6. The van der Waals surface area contributed by atoms with E-state index in [1.165, 1.54) is 5.69 Å². The van der Waals surface area contributed by atoms with Crippen molar-refractivity contribution in [2.24, 2.45) is 0 Å². The first-order valence-electron chi connectivity index (χ1n) is 12.4. The number of carbonyl (C=O) groups excluding carboxylic acids is 1. The maximum Gasteiger partial charge on any atom is 0.250 e. The molecule has 0 saturated carbocycles. The van der Waals surface area contributed by atoms with E-state index in [0.717, 1.165) is 53.4 Å². The van der Waals surface area contributed by atoms with Crippen LogP contribution in [0.5, 0.6) is 5.75 Å². The topological polar surface area (TPSA) is 74.3 Å². The minimum atomic E-state index is -1.33. The highest BCUT2D eigenvalue weighted by Gasteiger charge is 2.21. The number of nitrogens with one attached hydrogen (secondary N) is 1. The summed E-state index contributed by atoms with van der Waals surface area (Å²) in [5.41, 5.74) is 3.77. The van der Waals surface area contributed by atoms with Crippen LogP contribution in [-0.4, -0.2) is 86.5 Å². The molecule has 1 aliphatic heterocycles. The van der Waals surface area contributed by atoms with Crippen molar-refractivity contribution in [3.05, 3.63) is 47.5 Å². The third-order valence-electron chi connectivity index (χ3n) is 6.62. The Labute approximate surface area is 218 Å². The van der Waals surface area contributed by atoms with Gasteiger partial charge in [0.25, 0.3) is 0 Å². The lowest BCUT2D eigenvalue weighted by Crippen LogP contribution is -2.41. The third-order valence-corrected chi connectivity index (χ3v) is 8.36. The van der Waals surface area contributed by atoms with E-state index in [-0.39, 0.29) is 12.5 Å². The Kier molecular flexibility index (Phi) is 10.3. The summed E-state index contributed by atoms with van der Waals surface area (Å²) in [6.45, 7) is 6.61. The van der Waals surface area contributed by atoms with Crippen molar-refractivity contribution in [2.75, 3.05) is 71.3 Å². The molecule has 36 heavy (non-hydrogen) atoms. The number of anilines is 2. The molecule has 1 atom stereocenters. The molecule has 1 aliphatic rings. The van der Waals surface area contributed by atoms with Gasteiger partial charge in [-0.3, -0.25) is 4.79 Å². The van der Waals surface area contributed by atoms with Crippen molar-refractivity contribution in [1.82, 2.24) is 9.21 Å². The molecule has 1 fully saturated rings. The van der Waals surface area contributed by atoms with Crippen molar-refractivity contribution in [1.29, 1.82) is 0 Å². The van der Waals surface area contributed by atoms with Gasteiger partial charge in [-0.05, 0) is 88.3 Å². The normalized spacial score (nSPS) is 15.4. The number of hydrogen-bond donors (Lipinski definition) is 1. The van der Waals surface area contributed by atoms with Gasteiger partial charge in [-0.15, -0.1) is 0 Å². The van der Waals surface area contributed by atoms with Crippen LogP contribution >= 0.6 is 0 Å². The van der Waals surface area contributed by atoms with E-state index < -0.39 is 11.0 Å². The molecule has 0 bridgehead atoms. The average Bonchev–Trinajstić information content (AvgIpc) is 2.86. The van der Waals surface area contributed by atoms with Gasteiger partial charge in [-0.2, -0.15) is 0 Å². The molecule has 2 aromatic rings. The fourth-order valence-corrected chi connectivity index (χ4v) is 5.71. The predicted molar refractivity (Wildman–Crippen MR) is 146 cm³/mol. The number of amides is 1. The maximum atomic E-state index is 13.0. The largest absolute Gasteiger partial charge is 0.497 e. The van der Waals surface area contributed by atoms with Crippen LogP contribution in [0.25, 0.3) is 0 Å². The summed E-state index contributed by atoms with van der Waals surface area (Å²) in [5, 5.41) is 2.88. The third kappa shape index (κ3) is 7.52. The van der Waals surface area contributed by atoms with Gasteiger partial charge in [0.1, 0.15) is 23.3 Å². The van der Waals surface area contributed by atoms with Gasteiger partial charge in [-0.1, -0.05) is 0 Å². The zero-order valence-corrected chi connectivity index (χ0v) is 23.2. The molecular formula is C27H40N4O4S. The van der Waals surface area contributed by atoms with Crippen LogP contribution in [0.2, 0.25) is 0 Å². The molecule has 3 rings (SSSR count). The van der Waals surface area contributed by atoms with Gasteiger partial charge >= 0.3 is 0 Å². The number of carbonyl (C=O) groups is 1. The van der Waals surface area contributed by atoms with Crippen molar-refractivity contribution >= 4 is 28.3 Å². The van der Waals surface area contributed by atoms with E-state index in [2.05, 4.69) is 41.3 Å². The van der Waals surface area contributed by atoms with Gasteiger partial charge < -0.3 is 24.6 Å². The molecule has 0 aromatic heterocycles. The summed E-state index contributed by atoms with van der Waals surface area (Å²) < 4.78 is 25.6. The van der Waals surface area contributed by atoms with Crippen LogP contribution in [0, 0.1) is 13.8 Å². The molecule has 0 aliphatic carbocycles. The quantitative estimate of drug-likeness (QED) is 0.461. The molecule has 1 amide bonds. The molecule has 0 radical (unpaired) electrons. The Bertz CT molecular complexity index is 1010. The summed E-state index contributed by atoms with van der Waals surface area (Å²) in [5.74, 6) is 0.544. The van der Waals surface area contributed by atoms with Gasteiger partial charge in [-0.25, -0.2) is 8.51 Å². The second kappa shape index (κ2) is 13.2. The van der Waals surface area contributed by atoms with E-state index in [9.17, 15) is 9.00 Å². The monoisotopic (exact) mass is 516 g/mol. The Balaban J connectivity index is 1.40. The van der Waals surface area contributed by atoms with Crippen LogP contribution < -0.4 is 15.0 Å². The number of rotatable bonds is 11. The highest BCUT2D eigenvalue weighted by Crippen LogP contribution is 2.26.